The van der Waals surface area contributed by atoms with Crippen LogP contribution in [0.3, 0.4) is 0 Å². The molecule has 1 amide bonds. The maximum Gasteiger partial charge on any atom is 0.328 e. The molecule has 6 heterocycles. The van der Waals surface area contributed by atoms with E-state index < -0.39 is 5.97 Å². The van der Waals surface area contributed by atoms with Crippen molar-refractivity contribution in [1.29, 1.82) is 0 Å². The highest BCUT2D eigenvalue weighted by Gasteiger charge is 2.28. The minimum absolute atomic E-state index is 0. The Kier molecular flexibility index (Phi) is 19.1. The summed E-state index contributed by atoms with van der Waals surface area (Å²) in [6.45, 7) is 11.3. The molecule has 13 nitrogen and oxygen atoms in total. The molecule has 4 aromatic carbocycles. The van der Waals surface area contributed by atoms with Crippen molar-refractivity contribution in [2.75, 3.05) is 13.1 Å². The maximum atomic E-state index is 13.3. The zero-order chi connectivity index (χ0) is 55.2. The lowest BCUT2D eigenvalue weighted by Crippen LogP contribution is -2.33. The molecule has 0 aliphatic carbocycles. The summed E-state index contributed by atoms with van der Waals surface area (Å²) in [5, 5.41) is 21.5. The number of amides is 1. The van der Waals surface area contributed by atoms with Gasteiger partial charge in [-0.3, -0.25) is 14.4 Å². The third-order valence-corrected chi connectivity index (χ3v) is 15.6. The predicted octanol–water partition coefficient (Wildman–Crippen LogP) is 13.0. The van der Waals surface area contributed by atoms with E-state index in [1.807, 2.05) is 63.2 Å². The molecule has 8 aromatic rings. The van der Waals surface area contributed by atoms with Gasteiger partial charge in [0.2, 0.25) is 5.91 Å². The van der Waals surface area contributed by atoms with E-state index in [9.17, 15) is 28.0 Å². The molecule has 4 aromatic heterocycles. The van der Waals surface area contributed by atoms with Gasteiger partial charge in [-0.2, -0.15) is 10.2 Å². The number of nitrogens with one attached hydrogen (secondary N) is 1. The maximum absolute atomic E-state index is 13.3. The molecule has 20 heteroatoms. The number of ether oxygens (including phenoxy) is 2. The molecule has 0 fully saturated rings. The molecule has 78 heavy (non-hydrogen) atoms. The van der Waals surface area contributed by atoms with E-state index in [0.717, 1.165) is 100 Å². The van der Waals surface area contributed by atoms with E-state index in [4.69, 9.17) is 43.5 Å². The first kappa shape index (κ1) is 58.4. The second kappa shape index (κ2) is 25.5. The molecule has 0 saturated carbocycles. The van der Waals surface area contributed by atoms with Crippen molar-refractivity contribution in [3.63, 3.8) is 0 Å². The first-order valence-corrected chi connectivity index (χ1v) is 26.6. The van der Waals surface area contributed by atoms with Gasteiger partial charge in [-0.25, -0.2) is 22.9 Å². The summed E-state index contributed by atoms with van der Waals surface area (Å²) in [4.78, 5) is 49.6. The first-order valence-electron chi connectivity index (χ1n) is 24.2. The van der Waals surface area contributed by atoms with Crippen LogP contribution in [-0.4, -0.2) is 73.4 Å². The number of rotatable bonds is 13. The third-order valence-electron chi connectivity index (χ3n) is 12.6. The minimum Gasteiger partial charge on any atom is -0.487 e. The van der Waals surface area contributed by atoms with Crippen LogP contribution in [0.25, 0.3) is 44.4 Å². The Morgan fingerprint density at radius 3 is 1.51 bits per heavy atom. The summed E-state index contributed by atoms with van der Waals surface area (Å²) in [7, 11) is 0. The Bertz CT molecular complexity index is 3610. The molecule has 0 saturated heterocycles. The predicted molar refractivity (Wildman–Crippen MR) is 307 cm³/mol. The Morgan fingerprint density at radius 2 is 1.10 bits per heavy atom. The molecule has 2 aliphatic heterocycles. The van der Waals surface area contributed by atoms with Gasteiger partial charge in [0.15, 0.2) is 11.6 Å². The SMILES string of the molecule is CC(=O)c1ccc(-c2cc(Cl)c3c(c2)CC(CN)O3)s1.CC(=O)c1ccc(-c2cc(Cl)c3c(c2)CC(CNC(=O)/C=C/c2c(C)nn(-c4ccc(F)cc4)c2C)O3)s1.Cc1nn(-c2ccc(F)cc2)c(C)c1/C=C/C(=O)O.Cl. The Labute approximate surface area is 473 Å². The van der Waals surface area contributed by atoms with Gasteiger partial charge < -0.3 is 25.6 Å². The molecule has 2 aliphatic rings. The van der Waals surface area contributed by atoms with Gasteiger partial charge >= 0.3 is 5.97 Å². The van der Waals surface area contributed by atoms with Crippen molar-refractivity contribution in [2.45, 2.75) is 66.6 Å². The smallest absolute Gasteiger partial charge is 0.328 e. The van der Waals surface area contributed by atoms with Crippen LogP contribution in [0, 0.1) is 39.3 Å². The van der Waals surface area contributed by atoms with Crippen LogP contribution >= 0.6 is 58.3 Å². The van der Waals surface area contributed by atoms with E-state index in [1.54, 1.807) is 60.5 Å². The second-order valence-corrected chi connectivity index (χ2v) is 21.1. The van der Waals surface area contributed by atoms with Gasteiger partial charge in [0.25, 0.3) is 0 Å². The van der Waals surface area contributed by atoms with Crippen molar-refractivity contribution >= 4 is 93.9 Å². The van der Waals surface area contributed by atoms with Gasteiger partial charge in [-0.05, 0) is 162 Å². The highest BCUT2D eigenvalue weighted by atomic mass is 35.5. The lowest BCUT2D eigenvalue weighted by molar-refractivity contribution is -0.131. The number of aliphatic carboxylic acids is 1. The highest BCUT2D eigenvalue weighted by molar-refractivity contribution is 7.17. The summed E-state index contributed by atoms with van der Waals surface area (Å²) < 4.78 is 41.3. The number of hydrogen-bond donors (Lipinski definition) is 3. The summed E-state index contributed by atoms with van der Waals surface area (Å²) >= 11 is 15.7. The molecule has 0 bridgehead atoms. The van der Waals surface area contributed by atoms with E-state index in [1.165, 1.54) is 59.1 Å². The fraction of sp³-hybridized carbons (Fsp3) is 0.207. The number of fused-ring (bicyclic) bond motifs is 2. The van der Waals surface area contributed by atoms with Crippen molar-refractivity contribution in [2.24, 2.45) is 5.73 Å². The Balaban J connectivity index is 0.000000186. The number of nitrogens with two attached hydrogens (primary N) is 1. The van der Waals surface area contributed by atoms with Crippen LogP contribution in [0.5, 0.6) is 11.5 Å². The van der Waals surface area contributed by atoms with Gasteiger partial charge in [-0.15, -0.1) is 35.1 Å². The molecule has 0 spiro atoms. The number of carbonyl (C=O) groups is 4. The molecular weight excluding hydrogens is 1100 g/mol. The molecule has 2 atom stereocenters. The standard InChI is InChI=1S/C29H25ClFN3O3S.C15H14ClNO2S.C14H13FN2O2.ClH/c1-16-24(17(2)34(33-16)22-6-4-21(31)5-7-22)8-11-28(36)32-15-23-13-20-12-19(14-25(30)29(20)37-23)27-10-9-26(38-27)18(3)35;1-8(18)13-2-3-14(20-13)9-4-10-5-11(7-17)19-15(10)12(16)6-9;1-9-13(7-8-14(18)19)10(2)17(16-9)12-5-3-11(15)4-6-12;/h4-12,14,23H,13,15H2,1-3H3,(H,32,36);2-4,6,11H,5,7,17H2,1H3;3-8H,1-2H3,(H,18,19);1H/b11-8+;;8-7+;. The topological polar surface area (TPSA) is 181 Å². The zero-order valence-corrected chi connectivity index (χ0v) is 47.0. The number of carboxylic acids is 1. The van der Waals surface area contributed by atoms with Crippen LogP contribution < -0.4 is 20.5 Å². The molecule has 10 rings (SSSR count). The normalized spacial score (nSPS) is 14.1. The highest BCUT2D eigenvalue weighted by Crippen LogP contribution is 2.42. The Morgan fingerprint density at radius 1 is 0.679 bits per heavy atom. The quantitative estimate of drug-likeness (QED) is 0.0742. The Hall–Kier alpha value is -7.25. The number of Topliss-reactive ketones (excluding diaryl/α,β-unsaturated/α-hetero) is 2. The molecule has 2 unspecified atom stereocenters. The lowest BCUT2D eigenvalue weighted by atomic mass is 10.1. The van der Waals surface area contributed by atoms with Crippen molar-refractivity contribution in [3.05, 3.63) is 186 Å². The number of thiophene rings is 2. The number of benzene rings is 4. The van der Waals surface area contributed by atoms with Gasteiger partial charge in [0, 0.05) is 74.9 Å². The monoisotopic (exact) mass is 1150 g/mol. The van der Waals surface area contributed by atoms with Crippen LogP contribution in [0.4, 0.5) is 8.78 Å². The van der Waals surface area contributed by atoms with Crippen LogP contribution in [0.2, 0.25) is 10.0 Å². The number of hydrogen-bond acceptors (Lipinski definition) is 11. The average molecular weight is 1150 g/mol. The third kappa shape index (κ3) is 13.7. The van der Waals surface area contributed by atoms with Crippen molar-refractivity contribution in [1.82, 2.24) is 24.9 Å². The summed E-state index contributed by atoms with van der Waals surface area (Å²) in [5.41, 5.74) is 15.9. The van der Waals surface area contributed by atoms with Crippen LogP contribution in [0.1, 0.15) is 78.2 Å². The van der Waals surface area contributed by atoms with Gasteiger partial charge in [-0.1, -0.05) is 23.2 Å². The number of halogens is 5. The number of aryl methyl sites for hydroxylation is 2. The van der Waals surface area contributed by atoms with E-state index in [-0.39, 0.29) is 53.7 Å². The first-order chi connectivity index (χ1) is 36.8. The second-order valence-electron chi connectivity index (χ2n) is 18.2. The van der Waals surface area contributed by atoms with Gasteiger partial charge in [0.1, 0.15) is 35.3 Å². The van der Waals surface area contributed by atoms with Crippen LogP contribution in [-0.2, 0) is 22.4 Å². The number of aromatic nitrogens is 4. The number of carboxylic acid groups (broad SMARTS) is 1. The molecule has 0 radical (unpaired) electrons. The van der Waals surface area contributed by atoms with E-state index >= 15 is 0 Å². The largest absolute Gasteiger partial charge is 0.487 e. The van der Waals surface area contributed by atoms with Crippen molar-refractivity contribution in [3.8, 4) is 43.8 Å². The fourth-order valence-electron chi connectivity index (χ4n) is 8.72. The lowest BCUT2D eigenvalue weighted by Gasteiger charge is -2.11. The number of carbonyl (C=O) groups excluding carboxylic acids is 3. The molecule has 4 N–H and O–H groups in total. The van der Waals surface area contributed by atoms with E-state index in [0.29, 0.717) is 40.2 Å². The van der Waals surface area contributed by atoms with E-state index in [2.05, 4.69) is 21.6 Å². The fourth-order valence-corrected chi connectivity index (χ4v) is 11.1. The molecule has 404 valence electrons. The zero-order valence-electron chi connectivity index (χ0n) is 43.0. The summed E-state index contributed by atoms with van der Waals surface area (Å²) in [6.07, 6.45) is 6.96. The van der Waals surface area contributed by atoms with Crippen molar-refractivity contribution < 1.29 is 42.5 Å². The van der Waals surface area contributed by atoms with Gasteiger partial charge in [0.05, 0.1) is 49.1 Å². The minimum atomic E-state index is -1.01. The summed E-state index contributed by atoms with van der Waals surface area (Å²) in [6, 6.07) is 27.4. The number of ketones is 2. The number of nitrogens with zero attached hydrogens (tertiary/aromatic N) is 4. The summed E-state index contributed by atoms with van der Waals surface area (Å²) in [5.74, 6) is -0.379. The average Bonchev–Trinajstić information content (AvgIpc) is 4.30. The van der Waals surface area contributed by atoms with Crippen LogP contribution in [0.15, 0.2) is 109 Å². The molecular formula is C58H53Cl3F2N6O7S2.